The van der Waals surface area contributed by atoms with Crippen molar-refractivity contribution in [3.05, 3.63) is 29.8 Å². The summed E-state index contributed by atoms with van der Waals surface area (Å²) in [6.45, 7) is 5.78. The summed E-state index contributed by atoms with van der Waals surface area (Å²) in [4.78, 5) is 36.6. The van der Waals surface area contributed by atoms with Gasteiger partial charge in [0.15, 0.2) is 0 Å². The zero-order valence-electron chi connectivity index (χ0n) is 13.2. The number of rotatable bonds is 7. The molecule has 0 bridgehead atoms. The van der Waals surface area contributed by atoms with Crippen molar-refractivity contribution in [2.75, 3.05) is 24.6 Å². The van der Waals surface area contributed by atoms with Gasteiger partial charge in [0, 0.05) is 26.4 Å². The third kappa shape index (κ3) is 4.87. The van der Waals surface area contributed by atoms with Crippen molar-refractivity contribution in [3.63, 3.8) is 0 Å². The Balaban J connectivity index is 2.94. The molecule has 0 aromatic heterocycles. The molecule has 0 aliphatic carbocycles. The molecule has 0 aliphatic rings. The standard InChI is InChI=1S/C16H22N2O4/c1-4-15(20)17-10-11-18(12(3)19)14-9-7-6-8-13(14)16(21)22-5-2/h6-9H,4-5,10-11H2,1-3H3,(H,17,20). The van der Waals surface area contributed by atoms with Gasteiger partial charge in [-0.15, -0.1) is 0 Å². The van der Waals surface area contributed by atoms with Crippen LogP contribution in [0.15, 0.2) is 24.3 Å². The van der Waals surface area contributed by atoms with Gasteiger partial charge < -0.3 is 15.0 Å². The summed E-state index contributed by atoms with van der Waals surface area (Å²) in [7, 11) is 0. The fourth-order valence-electron chi connectivity index (χ4n) is 1.97. The highest BCUT2D eigenvalue weighted by molar-refractivity contribution is 6.02. The molecule has 0 atom stereocenters. The highest BCUT2D eigenvalue weighted by atomic mass is 16.5. The second-order valence-corrected chi connectivity index (χ2v) is 4.61. The number of amides is 2. The van der Waals surface area contributed by atoms with E-state index in [1.165, 1.54) is 11.8 Å². The van der Waals surface area contributed by atoms with E-state index >= 15 is 0 Å². The van der Waals surface area contributed by atoms with Gasteiger partial charge in [0.05, 0.1) is 17.9 Å². The number of benzene rings is 1. The Morgan fingerprint density at radius 2 is 1.86 bits per heavy atom. The molecule has 2 amide bonds. The highest BCUT2D eigenvalue weighted by Crippen LogP contribution is 2.21. The predicted octanol–water partition coefficient (Wildman–Crippen LogP) is 1.74. The number of anilines is 1. The Labute approximate surface area is 130 Å². The van der Waals surface area contributed by atoms with Crippen LogP contribution in [-0.2, 0) is 14.3 Å². The summed E-state index contributed by atoms with van der Waals surface area (Å²) in [6, 6.07) is 6.77. The fourth-order valence-corrected chi connectivity index (χ4v) is 1.97. The molecule has 22 heavy (non-hydrogen) atoms. The van der Waals surface area contributed by atoms with Crippen LogP contribution < -0.4 is 10.2 Å². The monoisotopic (exact) mass is 306 g/mol. The molecule has 0 saturated heterocycles. The number of hydrogen-bond acceptors (Lipinski definition) is 4. The van der Waals surface area contributed by atoms with Gasteiger partial charge in [0.25, 0.3) is 0 Å². The maximum absolute atomic E-state index is 12.0. The van der Waals surface area contributed by atoms with Crippen LogP contribution in [0, 0.1) is 0 Å². The molecular weight excluding hydrogens is 284 g/mol. The lowest BCUT2D eigenvalue weighted by Crippen LogP contribution is -2.38. The first-order chi connectivity index (χ1) is 10.5. The van der Waals surface area contributed by atoms with Gasteiger partial charge in [-0.1, -0.05) is 19.1 Å². The second-order valence-electron chi connectivity index (χ2n) is 4.61. The first kappa shape index (κ1) is 17.7. The molecule has 6 heteroatoms. The molecule has 0 saturated carbocycles. The summed E-state index contributed by atoms with van der Waals surface area (Å²) < 4.78 is 5.01. The molecule has 0 heterocycles. The number of hydrogen-bond donors (Lipinski definition) is 1. The van der Waals surface area contributed by atoms with Gasteiger partial charge in [-0.25, -0.2) is 4.79 Å². The average Bonchev–Trinajstić information content (AvgIpc) is 2.51. The minimum atomic E-state index is -0.470. The molecule has 0 radical (unpaired) electrons. The predicted molar refractivity (Wildman–Crippen MR) is 83.7 cm³/mol. The van der Waals surface area contributed by atoms with Crippen molar-refractivity contribution in [3.8, 4) is 0 Å². The zero-order chi connectivity index (χ0) is 16.5. The van der Waals surface area contributed by atoms with Crippen molar-refractivity contribution in [2.24, 2.45) is 0 Å². The number of nitrogens with zero attached hydrogens (tertiary/aromatic N) is 1. The molecule has 0 fully saturated rings. The van der Waals surface area contributed by atoms with Crippen molar-refractivity contribution in [1.29, 1.82) is 0 Å². The number of ether oxygens (including phenoxy) is 1. The van der Waals surface area contributed by atoms with Gasteiger partial charge in [0.1, 0.15) is 0 Å². The van der Waals surface area contributed by atoms with E-state index < -0.39 is 5.97 Å². The molecule has 1 aromatic carbocycles. The van der Waals surface area contributed by atoms with Gasteiger partial charge in [-0.3, -0.25) is 9.59 Å². The minimum absolute atomic E-state index is 0.0813. The normalized spacial score (nSPS) is 9.95. The summed E-state index contributed by atoms with van der Waals surface area (Å²) in [5, 5.41) is 2.71. The lowest BCUT2D eigenvalue weighted by Gasteiger charge is -2.23. The van der Waals surface area contributed by atoms with E-state index in [0.717, 1.165) is 0 Å². The van der Waals surface area contributed by atoms with E-state index in [2.05, 4.69) is 5.32 Å². The van der Waals surface area contributed by atoms with Crippen molar-refractivity contribution >= 4 is 23.5 Å². The Morgan fingerprint density at radius 3 is 2.45 bits per heavy atom. The topological polar surface area (TPSA) is 75.7 Å². The molecule has 0 unspecified atom stereocenters. The van der Waals surface area contributed by atoms with Crippen molar-refractivity contribution < 1.29 is 19.1 Å². The summed E-state index contributed by atoms with van der Waals surface area (Å²) in [6.07, 6.45) is 0.388. The molecule has 0 spiro atoms. The summed E-state index contributed by atoms with van der Waals surface area (Å²) in [5.41, 5.74) is 0.820. The Kier molecular flexibility index (Phi) is 7.08. The molecule has 6 nitrogen and oxygen atoms in total. The fraction of sp³-hybridized carbons (Fsp3) is 0.438. The lowest BCUT2D eigenvalue weighted by molar-refractivity contribution is -0.121. The van der Waals surface area contributed by atoms with Gasteiger partial charge in [-0.2, -0.15) is 0 Å². The Bertz CT molecular complexity index is 543. The second kappa shape index (κ2) is 8.81. The van der Waals surface area contributed by atoms with E-state index in [4.69, 9.17) is 4.74 Å². The first-order valence-electron chi connectivity index (χ1n) is 7.32. The van der Waals surface area contributed by atoms with E-state index in [0.29, 0.717) is 24.2 Å². The minimum Gasteiger partial charge on any atom is -0.462 e. The van der Waals surface area contributed by atoms with Crippen LogP contribution >= 0.6 is 0 Å². The average molecular weight is 306 g/mol. The van der Waals surface area contributed by atoms with Crippen LogP contribution in [0.1, 0.15) is 37.6 Å². The van der Waals surface area contributed by atoms with Gasteiger partial charge in [-0.05, 0) is 19.1 Å². The SMILES string of the molecule is CCOC(=O)c1ccccc1N(CCNC(=O)CC)C(C)=O. The van der Waals surface area contributed by atoms with Crippen LogP contribution in [-0.4, -0.2) is 37.5 Å². The van der Waals surface area contributed by atoms with E-state index in [-0.39, 0.29) is 25.0 Å². The molecular formula is C16H22N2O4. The Hall–Kier alpha value is -2.37. The van der Waals surface area contributed by atoms with Crippen LogP contribution in [0.4, 0.5) is 5.69 Å². The van der Waals surface area contributed by atoms with Gasteiger partial charge >= 0.3 is 5.97 Å². The number of carbonyl (C=O) groups is 3. The molecule has 1 rings (SSSR count). The van der Waals surface area contributed by atoms with Crippen molar-refractivity contribution in [1.82, 2.24) is 5.32 Å². The van der Waals surface area contributed by atoms with Crippen LogP contribution in [0.2, 0.25) is 0 Å². The number of nitrogens with one attached hydrogen (secondary N) is 1. The highest BCUT2D eigenvalue weighted by Gasteiger charge is 2.19. The van der Waals surface area contributed by atoms with Crippen molar-refractivity contribution in [2.45, 2.75) is 27.2 Å². The van der Waals surface area contributed by atoms with Crippen LogP contribution in [0.5, 0.6) is 0 Å². The third-order valence-electron chi connectivity index (χ3n) is 3.05. The quantitative estimate of drug-likeness (QED) is 0.779. The molecule has 120 valence electrons. The summed E-state index contributed by atoms with van der Waals surface area (Å²) in [5.74, 6) is -0.758. The lowest BCUT2D eigenvalue weighted by atomic mass is 10.1. The summed E-state index contributed by atoms with van der Waals surface area (Å²) >= 11 is 0. The first-order valence-corrected chi connectivity index (χ1v) is 7.32. The number of esters is 1. The van der Waals surface area contributed by atoms with Gasteiger partial charge in [0.2, 0.25) is 11.8 Å². The maximum atomic E-state index is 12.0. The smallest absolute Gasteiger partial charge is 0.340 e. The largest absolute Gasteiger partial charge is 0.462 e. The molecule has 1 aromatic rings. The maximum Gasteiger partial charge on any atom is 0.340 e. The van der Waals surface area contributed by atoms with E-state index in [9.17, 15) is 14.4 Å². The van der Waals surface area contributed by atoms with E-state index in [1.54, 1.807) is 38.1 Å². The Morgan fingerprint density at radius 1 is 1.18 bits per heavy atom. The number of carbonyl (C=O) groups excluding carboxylic acids is 3. The zero-order valence-corrected chi connectivity index (χ0v) is 13.2. The van der Waals surface area contributed by atoms with Crippen LogP contribution in [0.25, 0.3) is 0 Å². The molecule has 1 N–H and O–H groups in total. The number of para-hydroxylation sites is 1. The molecule has 0 aliphatic heterocycles. The van der Waals surface area contributed by atoms with E-state index in [1.807, 2.05) is 0 Å². The third-order valence-corrected chi connectivity index (χ3v) is 3.05. The van der Waals surface area contributed by atoms with Crippen LogP contribution in [0.3, 0.4) is 0 Å².